The van der Waals surface area contributed by atoms with Crippen molar-refractivity contribution in [3.63, 3.8) is 0 Å². The Hall–Kier alpha value is -2.97. The van der Waals surface area contributed by atoms with Gasteiger partial charge in [-0.25, -0.2) is 4.99 Å². The first-order chi connectivity index (χ1) is 14.7. The number of hydrogen-bond donors (Lipinski definition) is 1. The van der Waals surface area contributed by atoms with E-state index in [4.69, 9.17) is 11.6 Å². The van der Waals surface area contributed by atoms with Crippen molar-refractivity contribution in [1.29, 1.82) is 0 Å². The van der Waals surface area contributed by atoms with E-state index in [0.717, 1.165) is 29.5 Å². The smallest absolute Gasteiger partial charge is 0.317 e. The van der Waals surface area contributed by atoms with Gasteiger partial charge in [-0.05, 0) is 72.8 Å². The molecule has 1 amide bonds. The maximum absolute atomic E-state index is 13.1. The summed E-state index contributed by atoms with van der Waals surface area (Å²) in [5.41, 5.74) is 1.61. The highest BCUT2D eigenvalue weighted by atomic mass is 35.5. The van der Waals surface area contributed by atoms with Crippen LogP contribution >= 0.6 is 23.4 Å². The second-order valence-corrected chi connectivity index (χ2v) is 8.15. The summed E-state index contributed by atoms with van der Waals surface area (Å²) in [5.74, 6) is -0.333. The summed E-state index contributed by atoms with van der Waals surface area (Å²) >= 11 is 7.27. The predicted molar refractivity (Wildman–Crippen MR) is 118 cm³/mol. The number of thioether (sulfide) groups is 1. The van der Waals surface area contributed by atoms with Gasteiger partial charge in [-0.2, -0.15) is 13.2 Å². The molecule has 1 saturated heterocycles. The van der Waals surface area contributed by atoms with Crippen molar-refractivity contribution < 1.29 is 18.0 Å². The third kappa shape index (κ3) is 4.55. The van der Waals surface area contributed by atoms with Gasteiger partial charge >= 0.3 is 6.18 Å². The zero-order valence-electron chi connectivity index (χ0n) is 16.1. The van der Waals surface area contributed by atoms with E-state index in [1.54, 1.807) is 53.2 Å². The normalized spacial score (nSPS) is 16.9. The summed E-state index contributed by atoms with van der Waals surface area (Å²) in [6, 6.07) is 13.8. The molecule has 2 aromatic carbocycles. The third-order valence-electron chi connectivity index (χ3n) is 4.62. The minimum absolute atomic E-state index is 0.333. The topological polar surface area (TPSA) is 46.4 Å². The number of alkyl halides is 3. The van der Waals surface area contributed by atoms with Crippen molar-refractivity contribution in [1.82, 2.24) is 9.88 Å². The Bertz CT molecular complexity index is 1230. The van der Waals surface area contributed by atoms with Gasteiger partial charge in [0.1, 0.15) is 0 Å². The van der Waals surface area contributed by atoms with Crippen molar-refractivity contribution in [2.24, 2.45) is 4.99 Å². The number of aromatic nitrogens is 1. The number of amidine groups is 1. The molecule has 0 saturated carbocycles. The minimum Gasteiger partial charge on any atom is -0.317 e. The molecule has 9 heteroatoms. The summed E-state index contributed by atoms with van der Waals surface area (Å²) in [6.45, 7) is 1.84. The maximum atomic E-state index is 13.1. The molecular formula is C22H15ClF3N3OS. The van der Waals surface area contributed by atoms with Crippen LogP contribution in [0, 0.1) is 6.92 Å². The second kappa shape index (κ2) is 8.28. The molecule has 0 atom stereocenters. The van der Waals surface area contributed by atoms with E-state index in [0.29, 0.717) is 32.2 Å². The van der Waals surface area contributed by atoms with Gasteiger partial charge in [-0.3, -0.25) is 4.79 Å². The molecule has 2 heterocycles. The molecule has 1 aliphatic heterocycles. The van der Waals surface area contributed by atoms with E-state index in [2.05, 4.69) is 10.3 Å². The molecule has 0 unspecified atom stereocenters. The van der Waals surface area contributed by atoms with Crippen LogP contribution in [0.3, 0.4) is 0 Å². The molecule has 1 fully saturated rings. The molecule has 3 aromatic rings. The first-order valence-corrected chi connectivity index (χ1v) is 10.3. The highest BCUT2D eigenvalue weighted by Crippen LogP contribution is 2.33. The summed E-state index contributed by atoms with van der Waals surface area (Å²) in [6.07, 6.45) is -1.18. The van der Waals surface area contributed by atoms with Crippen LogP contribution in [0.15, 0.2) is 70.7 Å². The van der Waals surface area contributed by atoms with Crippen LogP contribution in [0.1, 0.15) is 16.8 Å². The van der Waals surface area contributed by atoms with Crippen LogP contribution in [0.4, 0.5) is 18.9 Å². The molecule has 4 rings (SSSR count). The molecule has 0 bridgehead atoms. The van der Waals surface area contributed by atoms with Crippen LogP contribution in [0.5, 0.6) is 0 Å². The van der Waals surface area contributed by atoms with Gasteiger partial charge in [-0.15, -0.1) is 0 Å². The lowest BCUT2D eigenvalue weighted by molar-refractivity contribution is -0.137. The number of nitrogens with one attached hydrogen (secondary N) is 1. The van der Waals surface area contributed by atoms with Crippen molar-refractivity contribution >= 4 is 46.2 Å². The van der Waals surface area contributed by atoms with Gasteiger partial charge in [0.2, 0.25) is 0 Å². The number of hydrogen-bond acceptors (Lipinski definition) is 3. The summed E-state index contributed by atoms with van der Waals surface area (Å²) in [7, 11) is 0. The summed E-state index contributed by atoms with van der Waals surface area (Å²) < 4.78 is 40.8. The summed E-state index contributed by atoms with van der Waals surface area (Å²) in [5, 5.41) is 3.68. The number of carbonyl (C=O) groups is 1. The van der Waals surface area contributed by atoms with E-state index in [1.807, 2.05) is 6.92 Å². The number of amides is 1. The van der Waals surface area contributed by atoms with Gasteiger partial charge in [-0.1, -0.05) is 23.7 Å². The zero-order valence-corrected chi connectivity index (χ0v) is 17.6. The number of halogens is 4. The minimum atomic E-state index is -4.44. The Labute approximate surface area is 185 Å². The monoisotopic (exact) mass is 461 g/mol. The molecule has 158 valence electrons. The van der Waals surface area contributed by atoms with Crippen LogP contribution in [0.2, 0.25) is 5.02 Å². The van der Waals surface area contributed by atoms with Gasteiger partial charge < -0.3 is 9.88 Å². The number of carbonyl (C=O) groups excluding carboxylic acids is 1. The molecule has 1 aliphatic rings. The van der Waals surface area contributed by atoms with Crippen LogP contribution in [-0.4, -0.2) is 15.6 Å². The van der Waals surface area contributed by atoms with E-state index in [1.165, 1.54) is 6.07 Å². The van der Waals surface area contributed by atoms with Crippen molar-refractivity contribution in [3.8, 4) is 5.69 Å². The van der Waals surface area contributed by atoms with Crippen molar-refractivity contribution in [2.45, 2.75) is 13.1 Å². The molecule has 4 nitrogen and oxygen atoms in total. The SMILES string of the molecule is Cc1c(Cl)cccc1N=C1NC(=O)/C(=C/c2cccn2-c2cccc(C(F)(F)F)c2)S1. The lowest BCUT2D eigenvalue weighted by atomic mass is 10.2. The second-order valence-electron chi connectivity index (χ2n) is 6.72. The standard InChI is InChI=1S/C22H15ClF3N3OS/c1-13-17(23)8-3-9-18(13)27-21-28-20(30)19(31-21)12-16-7-4-10-29(16)15-6-2-5-14(11-15)22(24,25)26/h2-12H,1H3,(H,27,28,30)/b19-12-. The van der Waals surface area contributed by atoms with E-state index in [-0.39, 0.29) is 5.91 Å². The molecule has 1 aromatic heterocycles. The third-order valence-corrected chi connectivity index (χ3v) is 5.94. The molecule has 31 heavy (non-hydrogen) atoms. The Morgan fingerprint density at radius 3 is 2.68 bits per heavy atom. The van der Waals surface area contributed by atoms with Gasteiger partial charge in [0, 0.05) is 22.6 Å². The first kappa shape index (κ1) is 21.3. The van der Waals surface area contributed by atoms with Gasteiger partial charge in [0.15, 0.2) is 5.17 Å². The van der Waals surface area contributed by atoms with Crippen LogP contribution in [0.25, 0.3) is 11.8 Å². The number of aliphatic imine (C=N–C) groups is 1. The average molecular weight is 462 g/mol. The maximum Gasteiger partial charge on any atom is 0.416 e. The zero-order chi connectivity index (χ0) is 22.2. The highest BCUT2D eigenvalue weighted by Gasteiger charge is 2.30. The molecular weight excluding hydrogens is 447 g/mol. The number of nitrogens with zero attached hydrogens (tertiary/aromatic N) is 2. The lowest BCUT2D eigenvalue weighted by Gasteiger charge is -2.11. The number of benzene rings is 2. The summed E-state index contributed by atoms with van der Waals surface area (Å²) in [4.78, 5) is 17.3. The fourth-order valence-electron chi connectivity index (χ4n) is 3.02. The quantitative estimate of drug-likeness (QED) is 0.462. The van der Waals surface area contributed by atoms with Gasteiger partial charge in [0.05, 0.1) is 16.2 Å². The molecule has 0 aliphatic carbocycles. The van der Waals surface area contributed by atoms with Gasteiger partial charge in [0.25, 0.3) is 5.91 Å². The van der Waals surface area contributed by atoms with Crippen LogP contribution in [-0.2, 0) is 11.0 Å². The molecule has 0 spiro atoms. The Morgan fingerprint density at radius 1 is 1.13 bits per heavy atom. The predicted octanol–water partition coefficient (Wildman–Crippen LogP) is 6.35. The van der Waals surface area contributed by atoms with Crippen LogP contribution < -0.4 is 5.32 Å². The molecule has 0 radical (unpaired) electrons. The van der Waals surface area contributed by atoms with E-state index < -0.39 is 11.7 Å². The Balaban J connectivity index is 1.64. The Morgan fingerprint density at radius 2 is 1.90 bits per heavy atom. The fraction of sp³-hybridized carbons (Fsp3) is 0.0909. The lowest BCUT2D eigenvalue weighted by Crippen LogP contribution is -2.19. The largest absolute Gasteiger partial charge is 0.416 e. The highest BCUT2D eigenvalue weighted by molar-refractivity contribution is 8.18. The number of rotatable bonds is 3. The molecule has 1 N–H and O–H groups in total. The van der Waals surface area contributed by atoms with Crippen molar-refractivity contribution in [3.05, 3.63) is 87.5 Å². The van der Waals surface area contributed by atoms with E-state index >= 15 is 0 Å². The van der Waals surface area contributed by atoms with Crippen molar-refractivity contribution in [2.75, 3.05) is 0 Å². The first-order valence-electron chi connectivity index (χ1n) is 9.12. The van der Waals surface area contributed by atoms with E-state index in [9.17, 15) is 18.0 Å². The Kier molecular flexibility index (Phi) is 5.68. The average Bonchev–Trinajstić information content (AvgIpc) is 3.32. The fourth-order valence-corrected chi connectivity index (χ4v) is 4.01.